The van der Waals surface area contributed by atoms with Crippen LogP contribution in [-0.2, 0) is 0 Å². The Morgan fingerprint density at radius 3 is 2.14 bits per heavy atom. The summed E-state index contributed by atoms with van der Waals surface area (Å²) in [5.74, 6) is 1.11. The Bertz CT molecular complexity index is 620. The zero-order valence-electron chi connectivity index (χ0n) is 12.6. The lowest BCUT2D eigenvalue weighted by Crippen LogP contribution is -2.69. The van der Waals surface area contributed by atoms with E-state index >= 15 is 0 Å². The summed E-state index contributed by atoms with van der Waals surface area (Å²) < 4.78 is 2.76. The second-order valence-corrected chi connectivity index (χ2v) is 10.8. The maximum absolute atomic E-state index is 4.76. The summed E-state index contributed by atoms with van der Waals surface area (Å²) in [7, 11) is -1.87. The third kappa shape index (κ3) is 2.26. The molecule has 4 heteroatoms. The third-order valence-electron chi connectivity index (χ3n) is 4.84. The molecule has 4 rings (SSSR count). The van der Waals surface area contributed by atoms with Crippen LogP contribution < -0.4 is 10.4 Å². The molecule has 0 saturated carbocycles. The molecule has 0 aromatic heterocycles. The van der Waals surface area contributed by atoms with Gasteiger partial charge in [0.1, 0.15) is 6.17 Å². The topological polar surface area (TPSA) is 15.6 Å². The summed E-state index contributed by atoms with van der Waals surface area (Å²) in [6.07, 6.45) is 1.65. The third-order valence-corrected chi connectivity index (χ3v) is 10.8. The van der Waals surface area contributed by atoms with Gasteiger partial charge < -0.3 is 0 Å². The van der Waals surface area contributed by atoms with Crippen LogP contribution in [-0.4, -0.2) is 36.8 Å². The van der Waals surface area contributed by atoms with E-state index in [-0.39, 0.29) is 0 Å². The molecule has 1 fully saturated rings. The predicted molar refractivity (Wildman–Crippen MR) is 98.8 cm³/mol. The molecule has 1 atom stereocenters. The van der Waals surface area contributed by atoms with Crippen molar-refractivity contribution in [3.63, 3.8) is 0 Å². The summed E-state index contributed by atoms with van der Waals surface area (Å²) in [5, 5.41) is 3.07. The maximum Gasteiger partial charge on any atom is 0.194 e. The highest BCUT2D eigenvalue weighted by atomic mass is 32.2. The second kappa shape index (κ2) is 6.03. The van der Waals surface area contributed by atoms with E-state index < -0.39 is 8.24 Å². The molecule has 2 aromatic rings. The molecule has 0 spiro atoms. The van der Waals surface area contributed by atoms with Crippen LogP contribution in [0.25, 0.3) is 0 Å². The number of benzene rings is 2. The average Bonchev–Trinajstić information content (AvgIpc) is 3.26. The van der Waals surface area contributed by atoms with Crippen LogP contribution in [0.1, 0.15) is 6.42 Å². The van der Waals surface area contributed by atoms with Gasteiger partial charge in [0.2, 0.25) is 0 Å². The van der Waals surface area contributed by atoms with Crippen molar-refractivity contribution >= 4 is 35.9 Å². The van der Waals surface area contributed by atoms with Crippen LogP contribution in [0.4, 0.5) is 0 Å². The van der Waals surface area contributed by atoms with E-state index in [2.05, 4.69) is 65.2 Å². The highest BCUT2D eigenvalue weighted by Gasteiger charge is 2.49. The molecule has 2 aromatic carbocycles. The Labute approximate surface area is 137 Å². The van der Waals surface area contributed by atoms with Gasteiger partial charge in [-0.1, -0.05) is 60.7 Å². The quantitative estimate of drug-likeness (QED) is 0.807. The summed E-state index contributed by atoms with van der Waals surface area (Å²) in [5.41, 5.74) is 2.04. The molecule has 1 unspecified atom stereocenters. The van der Waals surface area contributed by atoms with Crippen LogP contribution in [0.15, 0.2) is 65.7 Å². The first-order valence-corrected chi connectivity index (χ1v) is 11.1. The Morgan fingerprint density at radius 2 is 1.59 bits per heavy atom. The van der Waals surface area contributed by atoms with E-state index in [1.807, 2.05) is 17.3 Å². The summed E-state index contributed by atoms with van der Waals surface area (Å²) in [4.78, 5) is 4.76. The lowest BCUT2D eigenvalue weighted by molar-refractivity contribution is 0.384. The van der Waals surface area contributed by atoms with Gasteiger partial charge in [-0.2, -0.15) is 0 Å². The molecule has 0 amide bonds. The fraction of sp³-hybridized carbons (Fsp3) is 0.278. The van der Waals surface area contributed by atoms with Gasteiger partial charge >= 0.3 is 0 Å². The van der Waals surface area contributed by atoms with Crippen LogP contribution in [0.2, 0.25) is 6.04 Å². The van der Waals surface area contributed by atoms with Crippen LogP contribution >= 0.6 is 11.8 Å². The molecule has 2 nitrogen and oxygen atoms in total. The average molecular weight is 325 g/mol. The lowest BCUT2D eigenvalue weighted by atomic mass is 10.4. The normalized spacial score (nSPS) is 23.9. The monoisotopic (exact) mass is 324 g/mol. The van der Waals surface area contributed by atoms with Gasteiger partial charge in [0, 0.05) is 5.75 Å². The van der Waals surface area contributed by atoms with Gasteiger partial charge in [0.05, 0.1) is 5.55 Å². The summed E-state index contributed by atoms with van der Waals surface area (Å²) in [6.45, 7) is 1.18. The summed E-state index contributed by atoms with van der Waals surface area (Å²) >= 11 is 1.85. The van der Waals surface area contributed by atoms with Crippen molar-refractivity contribution in [2.45, 2.75) is 18.6 Å². The zero-order chi connectivity index (χ0) is 14.8. The van der Waals surface area contributed by atoms with Gasteiger partial charge in [0.15, 0.2) is 8.24 Å². The van der Waals surface area contributed by atoms with Crippen molar-refractivity contribution in [1.82, 2.24) is 4.57 Å². The predicted octanol–water partition coefficient (Wildman–Crippen LogP) is 2.55. The first kappa shape index (κ1) is 14.2. The zero-order valence-corrected chi connectivity index (χ0v) is 14.4. The number of aliphatic imine (C=N–C) groups is 1. The molecule has 0 bridgehead atoms. The van der Waals surface area contributed by atoms with E-state index in [1.165, 1.54) is 29.4 Å². The first-order valence-electron chi connectivity index (χ1n) is 7.92. The minimum absolute atomic E-state index is 0.361. The molecule has 0 aliphatic carbocycles. The van der Waals surface area contributed by atoms with Gasteiger partial charge in [0.25, 0.3) is 0 Å². The molecule has 112 valence electrons. The van der Waals surface area contributed by atoms with E-state index in [9.17, 15) is 0 Å². The van der Waals surface area contributed by atoms with E-state index in [1.54, 1.807) is 0 Å². The molecule has 2 heterocycles. The van der Waals surface area contributed by atoms with Gasteiger partial charge in [-0.15, -0.1) is 11.8 Å². The SMILES string of the molecule is C1=NC(N2CCC[Si]2(c2ccccc2)c2ccccc2)CS1. The molecular formula is C18H20N2SSi. The van der Waals surface area contributed by atoms with E-state index in [0.717, 1.165) is 5.75 Å². The molecule has 0 radical (unpaired) electrons. The number of hydrogen-bond acceptors (Lipinski definition) is 3. The van der Waals surface area contributed by atoms with Crippen LogP contribution in [0.5, 0.6) is 0 Å². The van der Waals surface area contributed by atoms with Crippen molar-refractivity contribution in [3.05, 3.63) is 60.7 Å². The van der Waals surface area contributed by atoms with Crippen LogP contribution in [0.3, 0.4) is 0 Å². The number of nitrogens with zero attached hydrogens (tertiary/aromatic N) is 2. The van der Waals surface area contributed by atoms with Crippen molar-refractivity contribution in [2.24, 2.45) is 4.99 Å². The lowest BCUT2D eigenvalue weighted by Gasteiger charge is -2.40. The fourth-order valence-corrected chi connectivity index (χ4v) is 10.0. The number of rotatable bonds is 3. The number of hydrogen-bond donors (Lipinski definition) is 0. The standard InChI is InChI=1S/C18H20N2SSi/c1-3-8-16(9-4-1)22(17-10-5-2-6-11-17)13-7-12-20(22)18-14-21-15-19-18/h1-6,8-11,15,18H,7,12-14H2. The van der Waals surface area contributed by atoms with Crippen molar-refractivity contribution < 1.29 is 0 Å². The smallest absolute Gasteiger partial charge is 0.194 e. The van der Waals surface area contributed by atoms with Gasteiger partial charge in [-0.3, -0.25) is 9.56 Å². The van der Waals surface area contributed by atoms with Crippen molar-refractivity contribution in [1.29, 1.82) is 0 Å². The van der Waals surface area contributed by atoms with E-state index in [0.29, 0.717) is 6.17 Å². The fourth-order valence-electron chi connectivity index (χ4n) is 3.91. The molecule has 0 N–H and O–H groups in total. The number of thioether (sulfide) groups is 1. The molecule has 1 saturated heterocycles. The maximum atomic E-state index is 4.76. The summed E-state index contributed by atoms with van der Waals surface area (Å²) in [6, 6.07) is 23.7. The Hall–Kier alpha value is -1.36. The Kier molecular flexibility index (Phi) is 3.90. The molecule has 2 aliphatic heterocycles. The highest BCUT2D eigenvalue weighted by Crippen LogP contribution is 2.31. The van der Waals surface area contributed by atoms with Crippen molar-refractivity contribution in [2.75, 3.05) is 12.3 Å². The Morgan fingerprint density at radius 1 is 0.955 bits per heavy atom. The molecule has 22 heavy (non-hydrogen) atoms. The van der Waals surface area contributed by atoms with Crippen LogP contribution in [0, 0.1) is 0 Å². The largest absolute Gasteiger partial charge is 0.295 e. The van der Waals surface area contributed by atoms with Gasteiger partial charge in [-0.25, -0.2) is 0 Å². The van der Waals surface area contributed by atoms with Gasteiger partial charge in [-0.05, 0) is 29.4 Å². The van der Waals surface area contributed by atoms with Crippen molar-refractivity contribution in [3.8, 4) is 0 Å². The van der Waals surface area contributed by atoms with E-state index in [4.69, 9.17) is 4.99 Å². The minimum Gasteiger partial charge on any atom is -0.295 e. The minimum atomic E-state index is -1.87. The molecular weight excluding hydrogens is 304 g/mol. The first-order chi connectivity index (χ1) is 10.9. The Balaban J connectivity index is 1.87. The molecule has 2 aliphatic rings. The second-order valence-electron chi connectivity index (χ2n) is 5.96. The highest BCUT2D eigenvalue weighted by molar-refractivity contribution is 8.12.